The minimum absolute atomic E-state index is 0.0569. The van der Waals surface area contributed by atoms with Gasteiger partial charge in [0.05, 0.1) is 16.9 Å². The van der Waals surface area contributed by atoms with E-state index in [0.29, 0.717) is 38.3 Å². The van der Waals surface area contributed by atoms with Crippen LogP contribution in [-0.4, -0.2) is 35.2 Å². The number of carbonyl (C=O) groups is 3. The van der Waals surface area contributed by atoms with E-state index >= 15 is 0 Å². The van der Waals surface area contributed by atoms with Crippen LogP contribution in [-0.2, 0) is 20.9 Å². The maximum Gasteiger partial charge on any atom is 0.245 e. The third kappa shape index (κ3) is 7.27. The molecule has 4 rings (SSSR count). The van der Waals surface area contributed by atoms with Crippen molar-refractivity contribution in [3.05, 3.63) is 71.5 Å². The summed E-state index contributed by atoms with van der Waals surface area (Å²) in [6.07, 6.45) is 7.96. The number of rotatable bonds is 11. The Morgan fingerprint density at radius 1 is 1.10 bits per heavy atom. The van der Waals surface area contributed by atoms with E-state index in [2.05, 4.69) is 11.9 Å². The molecule has 2 fully saturated rings. The third-order valence-electron chi connectivity index (χ3n) is 8.07. The summed E-state index contributed by atoms with van der Waals surface area (Å²) in [5.74, 6) is -2.19. The summed E-state index contributed by atoms with van der Waals surface area (Å²) in [5.41, 5.74) is 8.28. The molecule has 1 aliphatic heterocycles. The Morgan fingerprint density at radius 2 is 1.87 bits per heavy atom. The van der Waals surface area contributed by atoms with Gasteiger partial charge in [0.15, 0.2) is 0 Å². The second kappa shape index (κ2) is 13.2. The molecule has 3 N–H and O–H groups in total. The Morgan fingerprint density at radius 3 is 2.54 bits per heavy atom. The molecule has 0 spiro atoms. The Balaban J connectivity index is 1.48. The number of nitrogens with two attached hydrogens (primary N) is 1. The Labute approximate surface area is 234 Å². The summed E-state index contributed by atoms with van der Waals surface area (Å²) in [6.45, 7) is 4.71. The first kappa shape index (κ1) is 28.8. The Hall–Kier alpha value is -3.19. The minimum atomic E-state index is -0.653. The van der Waals surface area contributed by atoms with Gasteiger partial charge in [-0.2, -0.15) is 0 Å². The fourth-order valence-electron chi connectivity index (χ4n) is 5.62. The van der Waals surface area contributed by atoms with Crippen LogP contribution in [0.15, 0.2) is 55.1 Å². The molecule has 0 bridgehead atoms. The summed E-state index contributed by atoms with van der Waals surface area (Å²) in [6, 6.07) is 11.7. The zero-order valence-electron chi connectivity index (χ0n) is 22.2. The van der Waals surface area contributed by atoms with E-state index in [0.717, 1.165) is 48.8 Å². The molecular formula is C31H37ClFN3O3. The first-order valence-electron chi connectivity index (χ1n) is 13.8. The van der Waals surface area contributed by atoms with Crippen LogP contribution in [0.4, 0.5) is 4.39 Å². The standard InChI is InChI=1S/C31H37ClFN3O3/c1-2-7-24(29(34)37)25(17-20-8-5-9-20)30(38)35-28-12-3-4-15-36(31(28)39)19-21-10-6-11-22(16-21)23-13-14-27(33)26(32)18-23/h2,6,10-11,13-14,16,18,20,24-25,28H,1,3-5,7-9,12,15,17,19H2,(H2,34,37)(H,35,38)/t24-,25+,28-/m0/s1. The van der Waals surface area contributed by atoms with Gasteiger partial charge in [0.2, 0.25) is 17.7 Å². The fraction of sp³-hybridized carbons (Fsp3) is 0.452. The molecule has 0 unspecified atom stereocenters. The van der Waals surface area contributed by atoms with Crippen LogP contribution in [0.3, 0.4) is 0 Å². The predicted molar refractivity (Wildman–Crippen MR) is 151 cm³/mol. The molecule has 8 heteroatoms. The van der Waals surface area contributed by atoms with E-state index < -0.39 is 29.6 Å². The second-order valence-corrected chi connectivity index (χ2v) is 11.2. The topological polar surface area (TPSA) is 92.5 Å². The lowest BCUT2D eigenvalue weighted by atomic mass is 9.74. The lowest BCUT2D eigenvalue weighted by molar-refractivity contribution is -0.139. The van der Waals surface area contributed by atoms with Crippen molar-refractivity contribution in [3.63, 3.8) is 0 Å². The molecular weight excluding hydrogens is 517 g/mol. The number of hydrogen-bond acceptors (Lipinski definition) is 3. The normalized spacial score (nSPS) is 19.5. The molecule has 0 radical (unpaired) electrons. The minimum Gasteiger partial charge on any atom is -0.369 e. The van der Waals surface area contributed by atoms with Crippen molar-refractivity contribution >= 4 is 29.3 Å². The van der Waals surface area contributed by atoms with Crippen molar-refractivity contribution in [2.45, 2.75) is 64.0 Å². The van der Waals surface area contributed by atoms with Gasteiger partial charge < -0.3 is 16.0 Å². The monoisotopic (exact) mass is 553 g/mol. The molecule has 3 amide bonds. The molecule has 2 aromatic rings. The van der Waals surface area contributed by atoms with Gasteiger partial charge >= 0.3 is 0 Å². The fourth-order valence-corrected chi connectivity index (χ4v) is 5.80. The van der Waals surface area contributed by atoms with Crippen molar-refractivity contribution in [1.29, 1.82) is 0 Å². The molecule has 39 heavy (non-hydrogen) atoms. The molecule has 1 aliphatic carbocycles. The van der Waals surface area contributed by atoms with Crippen molar-refractivity contribution in [2.75, 3.05) is 6.54 Å². The maximum atomic E-state index is 13.6. The number of amides is 3. The average Bonchev–Trinajstić information content (AvgIpc) is 3.05. The van der Waals surface area contributed by atoms with Gasteiger partial charge in [0, 0.05) is 13.1 Å². The van der Waals surface area contributed by atoms with Crippen molar-refractivity contribution in [1.82, 2.24) is 10.2 Å². The summed E-state index contributed by atoms with van der Waals surface area (Å²) >= 11 is 5.98. The quantitative estimate of drug-likeness (QED) is 0.353. The molecule has 2 aromatic carbocycles. The van der Waals surface area contributed by atoms with E-state index in [-0.39, 0.29) is 16.8 Å². The van der Waals surface area contributed by atoms with E-state index in [9.17, 15) is 18.8 Å². The van der Waals surface area contributed by atoms with Gasteiger partial charge in [-0.3, -0.25) is 14.4 Å². The highest BCUT2D eigenvalue weighted by Crippen LogP contribution is 2.36. The highest BCUT2D eigenvalue weighted by Gasteiger charge is 2.37. The predicted octanol–water partition coefficient (Wildman–Crippen LogP) is 5.63. The van der Waals surface area contributed by atoms with E-state index in [4.69, 9.17) is 17.3 Å². The molecule has 1 saturated carbocycles. The molecule has 3 atom stereocenters. The molecule has 208 valence electrons. The Kier molecular flexibility index (Phi) is 9.78. The van der Waals surface area contributed by atoms with Crippen LogP contribution in [0, 0.1) is 23.6 Å². The number of allylic oxidation sites excluding steroid dienone is 1. The summed E-state index contributed by atoms with van der Waals surface area (Å²) in [5, 5.41) is 3.06. The number of hydrogen-bond donors (Lipinski definition) is 2. The number of nitrogens with one attached hydrogen (secondary N) is 1. The summed E-state index contributed by atoms with van der Waals surface area (Å²) in [7, 11) is 0. The zero-order valence-corrected chi connectivity index (χ0v) is 23.0. The molecule has 0 aromatic heterocycles. The lowest BCUT2D eigenvalue weighted by Gasteiger charge is -2.33. The van der Waals surface area contributed by atoms with Crippen molar-refractivity contribution < 1.29 is 18.8 Å². The van der Waals surface area contributed by atoms with Crippen LogP contribution < -0.4 is 11.1 Å². The van der Waals surface area contributed by atoms with E-state index in [1.807, 2.05) is 24.3 Å². The van der Waals surface area contributed by atoms with Gasteiger partial charge in [0.1, 0.15) is 11.9 Å². The zero-order chi connectivity index (χ0) is 27.9. The number of halogens is 2. The molecule has 2 aliphatic rings. The first-order valence-corrected chi connectivity index (χ1v) is 14.2. The van der Waals surface area contributed by atoms with Crippen LogP contribution >= 0.6 is 11.6 Å². The summed E-state index contributed by atoms with van der Waals surface area (Å²) < 4.78 is 13.6. The molecule has 6 nitrogen and oxygen atoms in total. The third-order valence-corrected chi connectivity index (χ3v) is 8.36. The first-order chi connectivity index (χ1) is 18.8. The second-order valence-electron chi connectivity index (χ2n) is 10.8. The molecule has 1 saturated heterocycles. The Bertz CT molecular complexity index is 1220. The van der Waals surface area contributed by atoms with Crippen LogP contribution in [0.5, 0.6) is 0 Å². The van der Waals surface area contributed by atoms with Crippen molar-refractivity contribution in [3.8, 4) is 11.1 Å². The van der Waals surface area contributed by atoms with Crippen LogP contribution in [0.2, 0.25) is 5.02 Å². The van der Waals surface area contributed by atoms with Crippen LogP contribution in [0.1, 0.15) is 56.9 Å². The maximum absolute atomic E-state index is 13.6. The van der Waals surface area contributed by atoms with Gasteiger partial charge in [-0.05, 0) is 72.9 Å². The van der Waals surface area contributed by atoms with E-state index in [1.165, 1.54) is 6.07 Å². The smallest absolute Gasteiger partial charge is 0.245 e. The average molecular weight is 554 g/mol. The SMILES string of the molecule is C=CC[C@H](C(N)=O)[C@@H](CC1CCC1)C(=O)N[C@H]1CCCCN(Cc2cccc(-c3ccc(F)c(Cl)c3)c2)C1=O. The van der Waals surface area contributed by atoms with Gasteiger partial charge in [0.25, 0.3) is 0 Å². The number of nitrogens with zero attached hydrogens (tertiary/aromatic N) is 1. The highest BCUT2D eigenvalue weighted by atomic mass is 35.5. The number of carbonyl (C=O) groups excluding carboxylic acids is 3. The lowest BCUT2D eigenvalue weighted by Crippen LogP contribution is -2.51. The van der Waals surface area contributed by atoms with Gasteiger partial charge in [-0.25, -0.2) is 4.39 Å². The molecule has 1 heterocycles. The number of benzene rings is 2. The largest absolute Gasteiger partial charge is 0.369 e. The summed E-state index contributed by atoms with van der Waals surface area (Å²) in [4.78, 5) is 41.2. The van der Waals surface area contributed by atoms with Gasteiger partial charge in [-0.1, -0.05) is 61.2 Å². The number of likely N-dealkylation sites (tertiary alicyclic amines) is 1. The highest BCUT2D eigenvalue weighted by molar-refractivity contribution is 6.31. The van der Waals surface area contributed by atoms with Crippen LogP contribution in [0.25, 0.3) is 11.1 Å². The van der Waals surface area contributed by atoms with Gasteiger partial charge in [-0.15, -0.1) is 6.58 Å². The number of primary amides is 1. The van der Waals surface area contributed by atoms with Crippen molar-refractivity contribution in [2.24, 2.45) is 23.5 Å². The van der Waals surface area contributed by atoms with E-state index in [1.54, 1.807) is 23.1 Å².